The van der Waals surface area contributed by atoms with Gasteiger partial charge in [0, 0.05) is 46.3 Å². The Kier molecular flexibility index (Phi) is 14.2. The predicted molar refractivity (Wildman–Crippen MR) is 224 cm³/mol. The number of carbonyl (C=O) groups is 2. The van der Waals surface area contributed by atoms with Crippen molar-refractivity contribution in [3.63, 3.8) is 0 Å². The van der Waals surface area contributed by atoms with Gasteiger partial charge in [0.15, 0.2) is 11.5 Å². The molecule has 29 heteroatoms. The lowest BCUT2D eigenvalue weighted by atomic mass is 10.0. The third-order valence-corrected chi connectivity index (χ3v) is 12.5. The van der Waals surface area contributed by atoms with Crippen LogP contribution in [0.1, 0.15) is 44.9 Å². The summed E-state index contributed by atoms with van der Waals surface area (Å²) in [6, 6.07) is 13.3. The number of amides is 1. The van der Waals surface area contributed by atoms with E-state index in [0.717, 1.165) is 21.2 Å². The van der Waals surface area contributed by atoms with Gasteiger partial charge < -0.3 is 28.2 Å². The third kappa shape index (κ3) is 9.50. The maximum absolute atomic E-state index is 14.7. The topological polar surface area (TPSA) is 141 Å². The number of esters is 1. The van der Waals surface area contributed by atoms with Crippen molar-refractivity contribution in [3.8, 4) is 51.5 Å². The normalized spacial score (nSPS) is 14.2. The Bertz CT molecular complexity index is 3030. The summed E-state index contributed by atoms with van der Waals surface area (Å²) in [5.74, 6) is -1.40. The summed E-state index contributed by atoms with van der Waals surface area (Å²) in [5, 5.41) is 19.2. The number of rotatable bonds is 9. The number of methoxy groups -OCH3 is 1. The lowest BCUT2D eigenvalue weighted by Crippen LogP contribution is -2.51. The Morgan fingerprint density at radius 2 is 1.04 bits per heavy atom. The van der Waals surface area contributed by atoms with E-state index in [1.54, 1.807) is 0 Å². The Labute approximate surface area is 409 Å². The standard InChI is InChI=1S/C22H13BrClF7N4O2.C19H11BrClF7N2O3/c1-35-16(20(25,21(26,27)28)22(29,30)31)7-12(23)17(35)14-8-15(37-34-14)10-2-3-13(24)11(6-10)18(36)33-19(9-32)4-5-19;1-30-14(17(22,18(23,24)25)19(26,27)28)6-10(20)15(30)12-7-13(33-29-12)8-3-4-11(21)9(5-8)16(31)32-2/h2-3,6-8H,4-5H2,1H3,(H,33,36);3-7H,1-2H3. The Hall–Kier alpha value is -5.59. The van der Waals surface area contributed by atoms with Crippen LogP contribution in [-0.4, -0.2) is 68.7 Å². The van der Waals surface area contributed by atoms with Crippen LogP contribution in [0.2, 0.25) is 10.0 Å². The SMILES string of the molecule is COC(=O)c1cc(-c2cc(-c3c(Br)cc(C(F)(C(F)(F)F)C(F)(F)F)n3C)no2)ccc1Cl.Cn1c(C(F)(C(F)(F)F)C(F)(F)F)cc(Br)c1-c1cc(-c2ccc(Cl)c(C(=O)NC3(C#N)CC3)c2)on1. The van der Waals surface area contributed by atoms with Crippen molar-refractivity contribution in [1.29, 1.82) is 5.26 Å². The zero-order valence-electron chi connectivity index (χ0n) is 34.8. The molecule has 1 saturated carbocycles. The molecular formula is C41H24Br2Cl2F14N6O5. The predicted octanol–water partition coefficient (Wildman–Crippen LogP) is 13.7. The van der Waals surface area contributed by atoms with Gasteiger partial charge in [-0.2, -0.15) is 57.9 Å². The maximum atomic E-state index is 14.7. The van der Waals surface area contributed by atoms with Gasteiger partial charge in [0.05, 0.1) is 57.1 Å². The summed E-state index contributed by atoms with van der Waals surface area (Å²) in [5.41, 5.74) is -16.2. The van der Waals surface area contributed by atoms with Gasteiger partial charge in [-0.3, -0.25) is 4.79 Å². The molecule has 0 radical (unpaired) electrons. The van der Waals surface area contributed by atoms with E-state index in [1.807, 2.05) is 6.07 Å². The molecule has 0 atom stereocenters. The van der Waals surface area contributed by atoms with Crippen molar-refractivity contribution in [2.45, 2.75) is 54.4 Å². The number of carbonyl (C=O) groups excluding carboxylic acids is 2. The molecule has 1 N–H and O–H groups in total. The Morgan fingerprint density at radius 3 is 1.39 bits per heavy atom. The maximum Gasteiger partial charge on any atom is 0.437 e. The van der Waals surface area contributed by atoms with Gasteiger partial charge >= 0.3 is 42.0 Å². The first-order valence-electron chi connectivity index (χ1n) is 18.9. The molecular weight excluding hydrogens is 1150 g/mol. The van der Waals surface area contributed by atoms with Crippen molar-refractivity contribution < 1.29 is 84.8 Å². The zero-order chi connectivity index (χ0) is 52.5. The third-order valence-electron chi connectivity index (χ3n) is 10.6. The number of nitrogens with zero attached hydrogens (tertiary/aromatic N) is 5. The molecule has 0 spiro atoms. The van der Waals surface area contributed by atoms with E-state index in [1.165, 1.54) is 48.5 Å². The summed E-state index contributed by atoms with van der Waals surface area (Å²) >= 11 is 17.8. The van der Waals surface area contributed by atoms with Crippen LogP contribution in [0.4, 0.5) is 61.5 Å². The fraction of sp³-hybridized carbons (Fsp3) is 0.293. The van der Waals surface area contributed by atoms with Gasteiger partial charge in [0.25, 0.3) is 5.91 Å². The van der Waals surface area contributed by atoms with Crippen LogP contribution in [0.25, 0.3) is 45.4 Å². The van der Waals surface area contributed by atoms with Crippen LogP contribution < -0.4 is 5.32 Å². The monoisotopic (exact) mass is 1170 g/mol. The van der Waals surface area contributed by atoms with E-state index < -0.39 is 64.8 Å². The summed E-state index contributed by atoms with van der Waals surface area (Å²) in [6.45, 7) is 0. The molecule has 7 rings (SSSR count). The number of aromatic nitrogens is 4. The first-order valence-corrected chi connectivity index (χ1v) is 21.2. The number of hydrogen-bond donors (Lipinski definition) is 1. The van der Waals surface area contributed by atoms with E-state index in [-0.39, 0.29) is 75.5 Å². The number of benzene rings is 2. The van der Waals surface area contributed by atoms with Crippen LogP contribution in [0, 0.1) is 11.3 Å². The van der Waals surface area contributed by atoms with Crippen LogP contribution in [0.3, 0.4) is 0 Å². The fourth-order valence-electron chi connectivity index (χ4n) is 6.80. The summed E-state index contributed by atoms with van der Waals surface area (Å²) in [7, 11) is 2.78. The molecule has 2 aromatic carbocycles. The number of nitrogens with one attached hydrogen (secondary N) is 1. The average molecular weight is 1180 g/mol. The minimum Gasteiger partial charge on any atom is -0.465 e. The first-order chi connectivity index (χ1) is 32.2. The van der Waals surface area contributed by atoms with Crippen LogP contribution in [0.5, 0.6) is 0 Å². The van der Waals surface area contributed by atoms with Gasteiger partial charge in [-0.15, -0.1) is 0 Å². The second kappa shape index (κ2) is 18.5. The molecule has 11 nitrogen and oxygen atoms in total. The molecule has 0 bridgehead atoms. The molecule has 1 aliphatic carbocycles. The molecule has 70 heavy (non-hydrogen) atoms. The number of halogens is 18. The first kappa shape index (κ1) is 53.8. The van der Waals surface area contributed by atoms with Gasteiger partial charge in [0.2, 0.25) is 0 Å². The highest BCUT2D eigenvalue weighted by Crippen LogP contribution is 2.56. The number of ether oxygens (including phenoxy) is 1. The molecule has 1 amide bonds. The van der Waals surface area contributed by atoms with Crippen LogP contribution in [-0.2, 0) is 30.2 Å². The average Bonchev–Trinajstić information content (AvgIpc) is 3.58. The molecule has 0 unspecified atom stereocenters. The van der Waals surface area contributed by atoms with Crippen molar-refractivity contribution in [3.05, 3.63) is 102 Å². The molecule has 4 heterocycles. The summed E-state index contributed by atoms with van der Waals surface area (Å²) in [6.07, 6.45) is -24.2. The quantitative estimate of drug-likeness (QED) is 0.111. The summed E-state index contributed by atoms with van der Waals surface area (Å²) < 4.78 is 203. The van der Waals surface area contributed by atoms with E-state index in [2.05, 4.69) is 52.2 Å². The number of nitriles is 1. The number of alkyl halides is 14. The van der Waals surface area contributed by atoms with E-state index in [4.69, 9.17) is 32.2 Å². The molecule has 1 aliphatic rings. The molecule has 4 aromatic heterocycles. The van der Waals surface area contributed by atoms with Crippen molar-refractivity contribution in [2.24, 2.45) is 14.1 Å². The summed E-state index contributed by atoms with van der Waals surface area (Å²) in [4.78, 5) is 24.4. The van der Waals surface area contributed by atoms with E-state index in [9.17, 15) is 76.3 Å². The highest BCUT2D eigenvalue weighted by atomic mass is 79.9. The second-order valence-electron chi connectivity index (χ2n) is 15.1. The molecule has 374 valence electrons. The molecule has 0 saturated heterocycles. The minimum atomic E-state index is -6.30. The lowest BCUT2D eigenvalue weighted by Gasteiger charge is -2.30. The second-order valence-corrected chi connectivity index (χ2v) is 17.6. The van der Waals surface area contributed by atoms with Gasteiger partial charge in [0.1, 0.15) is 16.9 Å². The molecule has 6 aromatic rings. The Morgan fingerprint density at radius 1 is 0.671 bits per heavy atom. The van der Waals surface area contributed by atoms with Gasteiger partial charge in [-0.25, -0.2) is 13.6 Å². The molecule has 0 aliphatic heterocycles. The van der Waals surface area contributed by atoms with Crippen molar-refractivity contribution in [2.75, 3.05) is 7.11 Å². The van der Waals surface area contributed by atoms with E-state index in [0.29, 0.717) is 34.1 Å². The number of hydrogen-bond acceptors (Lipinski definition) is 8. The van der Waals surface area contributed by atoms with Crippen LogP contribution in [0.15, 0.2) is 78.7 Å². The minimum absolute atomic E-state index is 0.000348. The Balaban J connectivity index is 0.000000231. The van der Waals surface area contributed by atoms with Gasteiger partial charge in [-0.05, 0) is 93.2 Å². The molecule has 1 fully saturated rings. The highest BCUT2D eigenvalue weighted by molar-refractivity contribution is 9.11. The lowest BCUT2D eigenvalue weighted by molar-refractivity contribution is -0.351. The largest absolute Gasteiger partial charge is 0.465 e. The van der Waals surface area contributed by atoms with Crippen molar-refractivity contribution >= 4 is 66.9 Å². The van der Waals surface area contributed by atoms with Crippen molar-refractivity contribution in [1.82, 2.24) is 24.8 Å². The fourth-order valence-corrected chi connectivity index (χ4v) is 8.57. The zero-order valence-corrected chi connectivity index (χ0v) is 39.5. The smallest absolute Gasteiger partial charge is 0.437 e. The van der Waals surface area contributed by atoms with Crippen LogP contribution >= 0.6 is 55.1 Å². The van der Waals surface area contributed by atoms with E-state index >= 15 is 0 Å². The van der Waals surface area contributed by atoms with Gasteiger partial charge in [-0.1, -0.05) is 33.5 Å². The highest BCUT2D eigenvalue weighted by Gasteiger charge is 2.76.